The quantitative estimate of drug-likeness (QED) is 0.533. The van der Waals surface area contributed by atoms with Crippen molar-refractivity contribution in [3.05, 3.63) is 24.0 Å². The summed E-state index contributed by atoms with van der Waals surface area (Å²) in [5.41, 5.74) is 5.88. The zero-order valence-corrected chi connectivity index (χ0v) is 10.1. The number of aliphatic hydroxyl groups is 1. The van der Waals surface area contributed by atoms with E-state index in [1.807, 2.05) is 0 Å². The van der Waals surface area contributed by atoms with Crippen molar-refractivity contribution in [1.82, 2.24) is 0 Å². The lowest BCUT2D eigenvalue weighted by molar-refractivity contribution is -0.115. The molecule has 6 heteroatoms. The largest absolute Gasteiger partial charge is 0.396 e. The average molecular weight is 258 g/mol. The Morgan fingerprint density at radius 3 is 2.88 bits per heavy atom. The predicted molar refractivity (Wildman–Crippen MR) is 68.5 cm³/mol. The maximum absolute atomic E-state index is 12.9. The number of carbonyl (C=O) groups excluding carboxylic acids is 1. The lowest BCUT2D eigenvalue weighted by Gasteiger charge is -2.06. The van der Waals surface area contributed by atoms with Gasteiger partial charge in [-0.3, -0.25) is 4.79 Å². The molecule has 0 aliphatic heterocycles. The number of rotatable bonds is 6. The van der Waals surface area contributed by atoms with Crippen molar-refractivity contribution in [3.8, 4) is 0 Å². The third-order valence-electron chi connectivity index (χ3n) is 1.99. The number of nitrogen functional groups attached to an aromatic ring is 1. The van der Waals surface area contributed by atoms with Crippen molar-refractivity contribution in [1.29, 1.82) is 0 Å². The number of carbonyl (C=O) groups is 1. The Morgan fingerprint density at radius 1 is 1.47 bits per heavy atom. The van der Waals surface area contributed by atoms with E-state index in [4.69, 9.17) is 10.8 Å². The first-order valence-electron chi connectivity index (χ1n) is 5.17. The molecule has 0 aliphatic rings. The van der Waals surface area contributed by atoms with Crippen LogP contribution in [0.4, 0.5) is 15.8 Å². The Bertz CT molecular complexity index is 388. The Kier molecular flexibility index (Phi) is 5.79. The van der Waals surface area contributed by atoms with Crippen molar-refractivity contribution >= 4 is 29.0 Å². The standard InChI is InChI=1S/C11H15FN2O2S/c12-9-2-1-8(7-10(9)13)14-11(16)3-5-17-6-4-15/h1-2,7,15H,3-6,13H2,(H,14,16). The lowest BCUT2D eigenvalue weighted by atomic mass is 10.2. The molecule has 0 atom stereocenters. The molecule has 17 heavy (non-hydrogen) atoms. The van der Waals surface area contributed by atoms with E-state index < -0.39 is 5.82 Å². The van der Waals surface area contributed by atoms with E-state index in [0.717, 1.165) is 0 Å². The van der Waals surface area contributed by atoms with E-state index >= 15 is 0 Å². The highest BCUT2D eigenvalue weighted by Gasteiger charge is 2.04. The molecule has 0 radical (unpaired) electrons. The molecule has 0 saturated carbocycles. The van der Waals surface area contributed by atoms with Crippen molar-refractivity contribution in [2.24, 2.45) is 0 Å². The van der Waals surface area contributed by atoms with Crippen molar-refractivity contribution < 1.29 is 14.3 Å². The van der Waals surface area contributed by atoms with Gasteiger partial charge in [0.15, 0.2) is 0 Å². The maximum Gasteiger partial charge on any atom is 0.225 e. The molecule has 0 heterocycles. The number of aliphatic hydroxyl groups excluding tert-OH is 1. The number of hydrogen-bond donors (Lipinski definition) is 3. The van der Waals surface area contributed by atoms with Crippen LogP contribution >= 0.6 is 11.8 Å². The summed E-state index contributed by atoms with van der Waals surface area (Å²) in [5.74, 6) is 0.614. The summed E-state index contributed by atoms with van der Waals surface area (Å²) >= 11 is 1.50. The molecule has 0 aromatic heterocycles. The van der Waals surface area contributed by atoms with Crippen molar-refractivity contribution in [2.45, 2.75) is 6.42 Å². The maximum atomic E-state index is 12.9. The van der Waals surface area contributed by atoms with Gasteiger partial charge in [0.25, 0.3) is 0 Å². The molecule has 0 unspecified atom stereocenters. The van der Waals surface area contributed by atoms with Crippen LogP contribution in [0, 0.1) is 5.82 Å². The summed E-state index contributed by atoms with van der Waals surface area (Å²) in [6.45, 7) is 0.112. The normalized spacial score (nSPS) is 10.2. The van der Waals surface area contributed by atoms with Crippen LogP contribution in [0.5, 0.6) is 0 Å². The molecule has 0 bridgehead atoms. The zero-order valence-electron chi connectivity index (χ0n) is 9.28. The molecule has 0 fully saturated rings. The van der Waals surface area contributed by atoms with Gasteiger partial charge in [-0.1, -0.05) is 0 Å². The van der Waals surface area contributed by atoms with E-state index in [-0.39, 0.29) is 18.2 Å². The smallest absolute Gasteiger partial charge is 0.225 e. The third-order valence-corrected chi connectivity index (χ3v) is 2.95. The molecule has 0 saturated heterocycles. The first-order chi connectivity index (χ1) is 8.13. The first kappa shape index (κ1) is 13.8. The second kappa shape index (κ2) is 7.13. The summed E-state index contributed by atoms with van der Waals surface area (Å²) in [6, 6.07) is 4.06. The van der Waals surface area contributed by atoms with E-state index in [0.29, 0.717) is 23.6 Å². The summed E-state index contributed by atoms with van der Waals surface area (Å²) in [7, 11) is 0. The van der Waals surface area contributed by atoms with Gasteiger partial charge in [0.1, 0.15) is 5.82 Å². The molecule has 94 valence electrons. The number of nitrogens with one attached hydrogen (secondary N) is 1. The number of nitrogens with two attached hydrogens (primary N) is 1. The Morgan fingerprint density at radius 2 is 2.24 bits per heavy atom. The van der Waals surface area contributed by atoms with Gasteiger partial charge >= 0.3 is 0 Å². The first-order valence-corrected chi connectivity index (χ1v) is 6.32. The van der Waals surface area contributed by atoms with Crippen LogP contribution in [0.15, 0.2) is 18.2 Å². The van der Waals surface area contributed by atoms with Gasteiger partial charge in [0, 0.05) is 23.6 Å². The SMILES string of the molecule is Nc1cc(NC(=O)CCSCCO)ccc1F. The minimum Gasteiger partial charge on any atom is -0.396 e. The average Bonchev–Trinajstić information content (AvgIpc) is 2.30. The summed E-state index contributed by atoms with van der Waals surface area (Å²) < 4.78 is 12.9. The topological polar surface area (TPSA) is 75.3 Å². The van der Waals surface area contributed by atoms with Crippen LogP contribution in [0.2, 0.25) is 0 Å². The molecular weight excluding hydrogens is 243 g/mol. The number of benzene rings is 1. The zero-order chi connectivity index (χ0) is 12.7. The number of anilines is 2. The van der Waals surface area contributed by atoms with Crippen molar-refractivity contribution in [3.63, 3.8) is 0 Å². The minimum atomic E-state index is -0.499. The van der Waals surface area contributed by atoms with Gasteiger partial charge < -0.3 is 16.2 Å². The van der Waals surface area contributed by atoms with Gasteiger partial charge in [0.2, 0.25) is 5.91 Å². The van der Waals surface area contributed by atoms with Crippen LogP contribution in [-0.4, -0.2) is 29.1 Å². The van der Waals surface area contributed by atoms with E-state index in [1.165, 1.54) is 30.0 Å². The molecular formula is C11H15FN2O2S. The van der Waals surface area contributed by atoms with Gasteiger partial charge in [-0.25, -0.2) is 4.39 Å². The van der Waals surface area contributed by atoms with Gasteiger partial charge in [-0.2, -0.15) is 11.8 Å². The van der Waals surface area contributed by atoms with Crippen molar-refractivity contribution in [2.75, 3.05) is 29.2 Å². The van der Waals surface area contributed by atoms with Gasteiger partial charge in [-0.15, -0.1) is 0 Å². The van der Waals surface area contributed by atoms with Gasteiger partial charge in [0.05, 0.1) is 12.3 Å². The van der Waals surface area contributed by atoms with Crippen LogP contribution in [-0.2, 0) is 4.79 Å². The van der Waals surface area contributed by atoms with Crippen LogP contribution in [0.25, 0.3) is 0 Å². The predicted octanol–water partition coefficient (Wildman–Crippen LogP) is 1.46. The fourth-order valence-electron chi connectivity index (χ4n) is 1.18. The molecule has 1 aromatic carbocycles. The molecule has 1 amide bonds. The van der Waals surface area contributed by atoms with Crippen LogP contribution in [0.3, 0.4) is 0 Å². The fourth-order valence-corrected chi connectivity index (χ4v) is 1.84. The van der Waals surface area contributed by atoms with E-state index in [9.17, 15) is 9.18 Å². The Hall–Kier alpha value is -1.27. The van der Waals surface area contributed by atoms with E-state index in [1.54, 1.807) is 0 Å². The Balaban J connectivity index is 2.37. The third kappa shape index (κ3) is 5.06. The molecule has 4 N–H and O–H groups in total. The van der Waals surface area contributed by atoms with Gasteiger partial charge in [-0.05, 0) is 18.2 Å². The van der Waals surface area contributed by atoms with Crippen LogP contribution in [0.1, 0.15) is 6.42 Å². The molecule has 1 aromatic rings. The fraction of sp³-hybridized carbons (Fsp3) is 0.364. The molecule has 4 nitrogen and oxygen atoms in total. The second-order valence-corrected chi connectivity index (χ2v) is 4.60. The Labute approximate surface area is 103 Å². The van der Waals surface area contributed by atoms with Crippen LogP contribution < -0.4 is 11.1 Å². The molecule has 1 rings (SSSR count). The van der Waals surface area contributed by atoms with E-state index in [2.05, 4.69) is 5.32 Å². The summed E-state index contributed by atoms with van der Waals surface area (Å²) in [5, 5.41) is 11.2. The number of amides is 1. The second-order valence-electron chi connectivity index (χ2n) is 3.37. The molecule has 0 spiro atoms. The minimum absolute atomic E-state index is 0.0115. The molecule has 0 aliphatic carbocycles. The summed E-state index contributed by atoms with van der Waals surface area (Å²) in [6.07, 6.45) is 0.349. The highest BCUT2D eigenvalue weighted by atomic mass is 32.2. The lowest BCUT2D eigenvalue weighted by Crippen LogP contribution is -2.12. The monoisotopic (exact) mass is 258 g/mol. The number of hydrogen-bond acceptors (Lipinski definition) is 4. The highest BCUT2D eigenvalue weighted by molar-refractivity contribution is 7.99. The highest BCUT2D eigenvalue weighted by Crippen LogP contribution is 2.16. The number of thioether (sulfide) groups is 1. The number of halogens is 1. The summed E-state index contributed by atoms with van der Waals surface area (Å²) in [4.78, 5) is 11.5.